The number of methoxy groups -OCH3 is 1. The molecule has 2 nitrogen and oxygen atoms in total. The van der Waals surface area contributed by atoms with Crippen LogP contribution in [-0.4, -0.2) is 18.0 Å². The lowest BCUT2D eigenvalue weighted by atomic mass is 10.1. The minimum absolute atomic E-state index is 0.434. The second-order valence-electron chi connectivity index (χ2n) is 4.79. The lowest BCUT2D eigenvalue weighted by Gasteiger charge is -2.11. The average Bonchev–Trinajstić information content (AvgIpc) is 2.49. The van der Waals surface area contributed by atoms with E-state index in [4.69, 9.17) is 4.74 Å². The molecular weight excluding hydrogens is 268 g/mol. The molecule has 0 aromatic heterocycles. The molecule has 3 heteroatoms. The summed E-state index contributed by atoms with van der Waals surface area (Å²) in [4.78, 5) is 0. The van der Waals surface area contributed by atoms with Crippen LogP contribution in [0.5, 0.6) is 5.75 Å². The number of aryl methyl sites for hydroxylation is 1. The maximum absolute atomic E-state index is 10.1. The predicted octanol–water partition coefficient (Wildman–Crippen LogP) is 3.97. The Morgan fingerprint density at radius 3 is 2.30 bits per heavy atom. The molecule has 2 rings (SSSR count). The molecule has 0 aliphatic rings. The van der Waals surface area contributed by atoms with Gasteiger partial charge in [-0.3, -0.25) is 0 Å². The van der Waals surface area contributed by atoms with E-state index in [2.05, 4.69) is 31.2 Å². The Kier molecular flexibility index (Phi) is 5.50. The molecule has 0 aliphatic carbocycles. The number of rotatable bonds is 6. The van der Waals surface area contributed by atoms with Crippen LogP contribution >= 0.6 is 11.8 Å². The molecule has 0 radical (unpaired) electrons. The van der Waals surface area contributed by atoms with Crippen LogP contribution in [-0.2, 0) is 5.75 Å². The van der Waals surface area contributed by atoms with E-state index in [-0.39, 0.29) is 0 Å². The Hall–Kier alpha value is -1.45. The van der Waals surface area contributed by atoms with Crippen LogP contribution in [0.3, 0.4) is 0 Å². The minimum Gasteiger partial charge on any atom is -0.497 e. The molecule has 1 N–H and O–H groups in total. The number of benzene rings is 2. The first-order valence-corrected chi connectivity index (χ1v) is 7.80. The quantitative estimate of drug-likeness (QED) is 0.872. The van der Waals surface area contributed by atoms with Gasteiger partial charge in [-0.05, 0) is 30.2 Å². The van der Waals surface area contributed by atoms with Crippen LogP contribution in [0.4, 0.5) is 0 Å². The summed E-state index contributed by atoms with van der Waals surface area (Å²) in [6.45, 7) is 2.09. The molecule has 0 amide bonds. The van der Waals surface area contributed by atoms with E-state index in [0.29, 0.717) is 5.75 Å². The number of aliphatic hydroxyl groups is 1. The number of hydrogen-bond donors (Lipinski definition) is 1. The Morgan fingerprint density at radius 1 is 1.05 bits per heavy atom. The van der Waals surface area contributed by atoms with E-state index in [0.717, 1.165) is 17.1 Å². The van der Waals surface area contributed by atoms with E-state index < -0.39 is 6.10 Å². The van der Waals surface area contributed by atoms with Crippen LogP contribution < -0.4 is 4.74 Å². The zero-order valence-electron chi connectivity index (χ0n) is 11.9. The second kappa shape index (κ2) is 7.36. The molecule has 1 unspecified atom stereocenters. The van der Waals surface area contributed by atoms with Crippen molar-refractivity contribution in [2.75, 3.05) is 12.9 Å². The molecule has 2 aromatic rings. The molecule has 0 saturated heterocycles. The third-order valence-electron chi connectivity index (χ3n) is 3.17. The van der Waals surface area contributed by atoms with E-state index in [1.54, 1.807) is 18.9 Å². The fourth-order valence-electron chi connectivity index (χ4n) is 1.89. The van der Waals surface area contributed by atoms with E-state index >= 15 is 0 Å². The molecule has 0 heterocycles. The van der Waals surface area contributed by atoms with Gasteiger partial charge in [-0.2, -0.15) is 11.8 Å². The lowest BCUT2D eigenvalue weighted by molar-refractivity contribution is 0.204. The van der Waals surface area contributed by atoms with Crippen molar-refractivity contribution in [2.24, 2.45) is 0 Å². The summed E-state index contributed by atoms with van der Waals surface area (Å²) in [6, 6.07) is 16.1. The topological polar surface area (TPSA) is 29.5 Å². The first-order valence-electron chi connectivity index (χ1n) is 6.64. The van der Waals surface area contributed by atoms with Gasteiger partial charge in [-0.15, -0.1) is 0 Å². The van der Waals surface area contributed by atoms with Crippen LogP contribution in [0.25, 0.3) is 0 Å². The summed E-state index contributed by atoms with van der Waals surface area (Å²) in [5.74, 6) is 2.43. The Morgan fingerprint density at radius 2 is 1.70 bits per heavy atom. The third-order valence-corrected chi connectivity index (χ3v) is 4.25. The molecule has 1 atom stereocenters. The molecule has 2 aromatic carbocycles. The highest BCUT2D eigenvalue weighted by atomic mass is 32.2. The monoisotopic (exact) mass is 288 g/mol. The highest BCUT2D eigenvalue weighted by molar-refractivity contribution is 7.98. The Bertz CT molecular complexity index is 520. The summed E-state index contributed by atoms with van der Waals surface area (Å²) in [7, 11) is 1.64. The van der Waals surface area contributed by atoms with Crippen molar-refractivity contribution in [3.8, 4) is 5.75 Å². The molecule has 0 fully saturated rings. The fraction of sp³-hybridized carbons (Fsp3) is 0.294. The summed E-state index contributed by atoms with van der Waals surface area (Å²) in [5.41, 5.74) is 3.50. The zero-order chi connectivity index (χ0) is 14.4. The summed E-state index contributed by atoms with van der Waals surface area (Å²) in [5, 5.41) is 10.1. The standard InChI is InChI=1S/C17H20O2S/c1-13-3-5-14(6-4-13)11-20-12-17(18)15-7-9-16(19-2)10-8-15/h3-10,17-18H,11-12H2,1-2H3. The van der Waals surface area contributed by atoms with E-state index in [1.807, 2.05) is 24.3 Å². The first-order chi connectivity index (χ1) is 9.69. The maximum atomic E-state index is 10.1. The molecular formula is C17H20O2S. The molecule has 0 saturated carbocycles. The molecule has 0 bridgehead atoms. The summed E-state index contributed by atoms with van der Waals surface area (Å²) in [6.07, 6.45) is -0.434. The minimum atomic E-state index is -0.434. The number of hydrogen-bond acceptors (Lipinski definition) is 3. The van der Waals surface area contributed by atoms with Gasteiger partial charge in [-0.1, -0.05) is 42.0 Å². The normalized spacial score (nSPS) is 12.2. The Labute approximate surface area is 124 Å². The molecule has 0 aliphatic heterocycles. The SMILES string of the molecule is COc1ccc(C(O)CSCc2ccc(C)cc2)cc1. The van der Waals surface area contributed by atoms with Crippen molar-refractivity contribution in [2.45, 2.75) is 18.8 Å². The van der Waals surface area contributed by atoms with Crippen LogP contribution in [0, 0.1) is 6.92 Å². The van der Waals surface area contributed by atoms with Gasteiger partial charge < -0.3 is 9.84 Å². The van der Waals surface area contributed by atoms with Gasteiger partial charge in [0.15, 0.2) is 0 Å². The Balaban J connectivity index is 1.82. The van der Waals surface area contributed by atoms with Gasteiger partial charge >= 0.3 is 0 Å². The van der Waals surface area contributed by atoms with Crippen LogP contribution in [0.1, 0.15) is 22.8 Å². The van der Waals surface area contributed by atoms with Gasteiger partial charge in [-0.25, -0.2) is 0 Å². The van der Waals surface area contributed by atoms with Crippen molar-refractivity contribution < 1.29 is 9.84 Å². The third kappa shape index (κ3) is 4.29. The van der Waals surface area contributed by atoms with Crippen LogP contribution in [0.2, 0.25) is 0 Å². The number of ether oxygens (including phenoxy) is 1. The smallest absolute Gasteiger partial charge is 0.118 e. The van der Waals surface area contributed by atoms with Gasteiger partial charge in [0, 0.05) is 11.5 Å². The van der Waals surface area contributed by atoms with Crippen molar-refractivity contribution in [3.05, 3.63) is 65.2 Å². The lowest BCUT2D eigenvalue weighted by Crippen LogP contribution is -2.00. The fourth-order valence-corrected chi connectivity index (χ4v) is 2.86. The summed E-state index contributed by atoms with van der Waals surface area (Å²) >= 11 is 1.74. The van der Waals surface area contributed by atoms with E-state index in [1.165, 1.54) is 11.1 Å². The van der Waals surface area contributed by atoms with Crippen LogP contribution in [0.15, 0.2) is 48.5 Å². The molecule has 20 heavy (non-hydrogen) atoms. The maximum Gasteiger partial charge on any atom is 0.118 e. The second-order valence-corrected chi connectivity index (χ2v) is 5.82. The average molecular weight is 288 g/mol. The van der Waals surface area contributed by atoms with Gasteiger partial charge in [0.2, 0.25) is 0 Å². The van der Waals surface area contributed by atoms with Crippen molar-refractivity contribution >= 4 is 11.8 Å². The van der Waals surface area contributed by atoms with Crippen molar-refractivity contribution in [1.29, 1.82) is 0 Å². The first kappa shape index (κ1) is 14.9. The zero-order valence-corrected chi connectivity index (χ0v) is 12.7. The van der Waals surface area contributed by atoms with E-state index in [9.17, 15) is 5.11 Å². The molecule has 106 valence electrons. The highest BCUT2D eigenvalue weighted by Gasteiger charge is 2.07. The largest absolute Gasteiger partial charge is 0.497 e. The van der Waals surface area contributed by atoms with Crippen molar-refractivity contribution in [3.63, 3.8) is 0 Å². The predicted molar refractivity (Wildman–Crippen MR) is 85.3 cm³/mol. The van der Waals surface area contributed by atoms with Gasteiger partial charge in [0.25, 0.3) is 0 Å². The number of aliphatic hydroxyl groups excluding tert-OH is 1. The highest BCUT2D eigenvalue weighted by Crippen LogP contribution is 2.23. The van der Waals surface area contributed by atoms with Crippen molar-refractivity contribution in [1.82, 2.24) is 0 Å². The van der Waals surface area contributed by atoms with Gasteiger partial charge in [0.05, 0.1) is 13.2 Å². The summed E-state index contributed by atoms with van der Waals surface area (Å²) < 4.78 is 5.11. The van der Waals surface area contributed by atoms with Gasteiger partial charge in [0.1, 0.15) is 5.75 Å². The molecule has 0 spiro atoms. The number of thioether (sulfide) groups is 1.